The van der Waals surface area contributed by atoms with Crippen LogP contribution >= 0.6 is 0 Å². The van der Waals surface area contributed by atoms with Crippen LogP contribution in [0.15, 0.2) is 24.3 Å². The largest absolute Gasteiger partial charge is 0.490 e. The van der Waals surface area contributed by atoms with Gasteiger partial charge in [0.05, 0.1) is 13.2 Å². The first-order chi connectivity index (χ1) is 11.0. The van der Waals surface area contributed by atoms with Crippen molar-refractivity contribution >= 4 is 17.9 Å². The molecular formula is C17H24N2O4. The van der Waals surface area contributed by atoms with Crippen molar-refractivity contribution in [3.8, 4) is 11.5 Å². The number of nitrogens with two attached hydrogens (primary N) is 1. The van der Waals surface area contributed by atoms with Crippen molar-refractivity contribution in [2.24, 2.45) is 5.73 Å². The zero-order chi connectivity index (χ0) is 17.2. The van der Waals surface area contributed by atoms with Crippen LogP contribution in [0.3, 0.4) is 0 Å². The van der Waals surface area contributed by atoms with Crippen LogP contribution in [0.4, 0.5) is 0 Å². The molecule has 3 N–H and O–H groups in total. The van der Waals surface area contributed by atoms with Crippen LogP contribution in [-0.2, 0) is 9.59 Å². The highest BCUT2D eigenvalue weighted by Crippen LogP contribution is 2.29. The molecule has 6 nitrogen and oxygen atoms in total. The minimum Gasteiger partial charge on any atom is -0.490 e. The summed E-state index contributed by atoms with van der Waals surface area (Å²) in [5.41, 5.74) is 5.88. The highest BCUT2D eigenvalue weighted by atomic mass is 16.5. The summed E-state index contributed by atoms with van der Waals surface area (Å²) in [6.45, 7) is 6.59. The molecule has 1 aromatic carbocycles. The molecule has 0 fully saturated rings. The molecule has 1 unspecified atom stereocenters. The number of benzene rings is 1. The third kappa shape index (κ3) is 6.42. The minimum absolute atomic E-state index is 0.388. The average Bonchev–Trinajstić information content (AvgIpc) is 2.52. The molecule has 6 heteroatoms. The number of carbonyl (C=O) groups is 2. The van der Waals surface area contributed by atoms with Gasteiger partial charge in [0, 0.05) is 6.08 Å². The van der Waals surface area contributed by atoms with Crippen LogP contribution in [0.5, 0.6) is 11.5 Å². The fraction of sp³-hybridized carbons (Fsp3) is 0.412. The lowest BCUT2D eigenvalue weighted by Crippen LogP contribution is -2.41. The van der Waals surface area contributed by atoms with Gasteiger partial charge in [-0.25, -0.2) is 0 Å². The predicted molar refractivity (Wildman–Crippen MR) is 89.2 cm³/mol. The number of carbonyl (C=O) groups excluding carboxylic acids is 2. The van der Waals surface area contributed by atoms with Gasteiger partial charge in [-0.15, -0.1) is 0 Å². The molecule has 0 aliphatic rings. The summed E-state index contributed by atoms with van der Waals surface area (Å²) < 4.78 is 11.2. The van der Waals surface area contributed by atoms with Crippen molar-refractivity contribution in [2.45, 2.75) is 33.2 Å². The maximum absolute atomic E-state index is 11.7. The number of primary amides is 1. The molecule has 0 saturated heterocycles. The van der Waals surface area contributed by atoms with Crippen molar-refractivity contribution in [3.05, 3.63) is 29.8 Å². The predicted octanol–water partition coefficient (Wildman–Crippen LogP) is 1.88. The molecular weight excluding hydrogens is 296 g/mol. The number of nitrogens with one attached hydrogen (secondary N) is 1. The second kappa shape index (κ2) is 9.50. The first-order valence-electron chi connectivity index (χ1n) is 7.65. The molecule has 0 aromatic heterocycles. The number of hydrogen-bond acceptors (Lipinski definition) is 4. The summed E-state index contributed by atoms with van der Waals surface area (Å²) in [5.74, 6) is 0.343. The first-order valence-corrected chi connectivity index (χ1v) is 7.65. The van der Waals surface area contributed by atoms with E-state index in [1.165, 1.54) is 13.0 Å². The summed E-state index contributed by atoms with van der Waals surface area (Å²) >= 11 is 0. The SMILES string of the molecule is CCCOc1ccc(/C=C/C(=O)NC(C)C(N)=O)cc1OCC. The van der Waals surface area contributed by atoms with E-state index in [0.29, 0.717) is 24.7 Å². The minimum atomic E-state index is -0.712. The number of hydrogen-bond donors (Lipinski definition) is 2. The van der Waals surface area contributed by atoms with Gasteiger partial charge in [0.25, 0.3) is 0 Å². The zero-order valence-corrected chi connectivity index (χ0v) is 13.8. The molecule has 0 aliphatic heterocycles. The summed E-state index contributed by atoms with van der Waals surface area (Å²) in [6, 6.07) is 4.73. The molecule has 126 valence electrons. The lowest BCUT2D eigenvalue weighted by molar-refractivity contribution is -0.124. The number of ether oxygens (including phenoxy) is 2. The zero-order valence-electron chi connectivity index (χ0n) is 13.8. The maximum atomic E-state index is 11.7. The monoisotopic (exact) mass is 320 g/mol. The third-order valence-corrected chi connectivity index (χ3v) is 2.94. The van der Waals surface area contributed by atoms with E-state index in [4.69, 9.17) is 15.2 Å². The molecule has 0 bridgehead atoms. The quantitative estimate of drug-likeness (QED) is 0.680. The third-order valence-electron chi connectivity index (χ3n) is 2.94. The Morgan fingerprint density at radius 2 is 2.00 bits per heavy atom. The van der Waals surface area contributed by atoms with Crippen molar-refractivity contribution in [2.75, 3.05) is 13.2 Å². The van der Waals surface area contributed by atoms with Gasteiger partial charge < -0.3 is 20.5 Å². The highest BCUT2D eigenvalue weighted by Gasteiger charge is 2.10. The second-order valence-electron chi connectivity index (χ2n) is 4.95. The van der Waals surface area contributed by atoms with E-state index < -0.39 is 11.9 Å². The summed E-state index contributed by atoms with van der Waals surface area (Å²) in [7, 11) is 0. The van der Waals surface area contributed by atoms with Gasteiger partial charge in [-0.2, -0.15) is 0 Å². The van der Waals surface area contributed by atoms with E-state index in [-0.39, 0.29) is 5.91 Å². The molecule has 0 heterocycles. The van der Waals surface area contributed by atoms with Crippen LogP contribution in [0, 0.1) is 0 Å². The smallest absolute Gasteiger partial charge is 0.244 e. The Morgan fingerprint density at radius 1 is 1.26 bits per heavy atom. The molecule has 23 heavy (non-hydrogen) atoms. The first kappa shape index (κ1) is 18.5. The van der Waals surface area contributed by atoms with Gasteiger partial charge in [0.15, 0.2) is 11.5 Å². The van der Waals surface area contributed by atoms with Crippen LogP contribution in [0.1, 0.15) is 32.8 Å². The van der Waals surface area contributed by atoms with Crippen LogP contribution in [0.25, 0.3) is 6.08 Å². The summed E-state index contributed by atoms with van der Waals surface area (Å²) in [6.07, 6.45) is 3.89. The normalized spacial score (nSPS) is 12.0. The number of amides is 2. The topological polar surface area (TPSA) is 90.6 Å². The van der Waals surface area contributed by atoms with Gasteiger partial charge >= 0.3 is 0 Å². The fourth-order valence-corrected chi connectivity index (χ4v) is 1.73. The van der Waals surface area contributed by atoms with Gasteiger partial charge in [-0.05, 0) is 44.0 Å². The van der Waals surface area contributed by atoms with E-state index in [2.05, 4.69) is 5.32 Å². The van der Waals surface area contributed by atoms with E-state index in [0.717, 1.165) is 12.0 Å². The van der Waals surface area contributed by atoms with Gasteiger partial charge in [-0.3, -0.25) is 9.59 Å². The molecule has 0 saturated carbocycles. The van der Waals surface area contributed by atoms with Crippen molar-refractivity contribution in [1.29, 1.82) is 0 Å². The Kier molecular flexibility index (Phi) is 7.66. The standard InChI is InChI=1S/C17H24N2O4/c1-4-10-23-14-8-6-13(11-15(14)22-5-2)7-9-16(20)19-12(3)17(18)21/h6-9,11-12H,4-5,10H2,1-3H3,(H2,18,21)(H,19,20)/b9-7+. The van der Waals surface area contributed by atoms with E-state index in [1.807, 2.05) is 26.0 Å². The lowest BCUT2D eigenvalue weighted by atomic mass is 10.2. The Balaban J connectivity index is 2.79. The molecule has 0 aliphatic carbocycles. The molecule has 0 radical (unpaired) electrons. The van der Waals surface area contributed by atoms with E-state index in [1.54, 1.807) is 12.1 Å². The van der Waals surface area contributed by atoms with Crippen molar-refractivity contribution < 1.29 is 19.1 Å². The Bertz CT molecular complexity index is 570. The fourth-order valence-electron chi connectivity index (χ4n) is 1.73. The van der Waals surface area contributed by atoms with Crippen LogP contribution < -0.4 is 20.5 Å². The lowest BCUT2D eigenvalue weighted by Gasteiger charge is -2.12. The van der Waals surface area contributed by atoms with Gasteiger partial charge in [0.2, 0.25) is 11.8 Å². The Morgan fingerprint density at radius 3 is 2.61 bits per heavy atom. The molecule has 2 amide bonds. The average molecular weight is 320 g/mol. The summed E-state index contributed by atoms with van der Waals surface area (Å²) in [5, 5.41) is 2.47. The summed E-state index contributed by atoms with van der Waals surface area (Å²) in [4.78, 5) is 22.6. The molecule has 1 atom stereocenters. The maximum Gasteiger partial charge on any atom is 0.244 e. The van der Waals surface area contributed by atoms with Crippen molar-refractivity contribution in [1.82, 2.24) is 5.32 Å². The van der Waals surface area contributed by atoms with Crippen LogP contribution in [0.2, 0.25) is 0 Å². The highest BCUT2D eigenvalue weighted by molar-refractivity contribution is 5.95. The van der Waals surface area contributed by atoms with Crippen molar-refractivity contribution in [3.63, 3.8) is 0 Å². The Labute approximate surface area is 136 Å². The van der Waals surface area contributed by atoms with E-state index in [9.17, 15) is 9.59 Å². The van der Waals surface area contributed by atoms with Gasteiger partial charge in [0.1, 0.15) is 6.04 Å². The van der Waals surface area contributed by atoms with Crippen LogP contribution in [-0.4, -0.2) is 31.1 Å². The molecule has 1 rings (SSSR count). The van der Waals surface area contributed by atoms with E-state index >= 15 is 0 Å². The Hall–Kier alpha value is -2.50. The molecule has 0 spiro atoms. The molecule has 1 aromatic rings. The second-order valence-corrected chi connectivity index (χ2v) is 4.95. The van der Waals surface area contributed by atoms with Gasteiger partial charge in [-0.1, -0.05) is 13.0 Å². The number of rotatable bonds is 9.